The summed E-state index contributed by atoms with van der Waals surface area (Å²) in [6.45, 7) is 5.07. The van der Waals surface area contributed by atoms with E-state index in [9.17, 15) is 19.7 Å². The van der Waals surface area contributed by atoms with Crippen LogP contribution in [0.1, 0.15) is 27.0 Å². The first kappa shape index (κ1) is 18.9. The van der Waals surface area contributed by atoms with Gasteiger partial charge in [-0.3, -0.25) is 30.6 Å². The Hall–Kier alpha value is -3.42. The molecule has 8 heteroatoms. The van der Waals surface area contributed by atoms with E-state index in [1.54, 1.807) is 6.92 Å². The van der Waals surface area contributed by atoms with E-state index in [4.69, 9.17) is 4.74 Å². The number of nitrogens with one attached hydrogen (secondary N) is 2. The summed E-state index contributed by atoms with van der Waals surface area (Å²) in [5, 5.41) is 10.9. The number of amides is 2. The highest BCUT2D eigenvalue weighted by Gasteiger charge is 2.15. The first-order chi connectivity index (χ1) is 12.3. The average molecular weight is 357 g/mol. The normalized spacial score (nSPS) is 10.1. The van der Waals surface area contributed by atoms with Gasteiger partial charge in [-0.05, 0) is 44.0 Å². The van der Waals surface area contributed by atoms with Crippen molar-refractivity contribution in [3.8, 4) is 5.75 Å². The van der Waals surface area contributed by atoms with E-state index in [1.807, 2.05) is 32.0 Å². The van der Waals surface area contributed by atoms with E-state index in [0.717, 1.165) is 17.2 Å². The fourth-order valence-corrected chi connectivity index (χ4v) is 2.19. The predicted octanol–water partition coefficient (Wildman–Crippen LogP) is 2.36. The topological polar surface area (TPSA) is 111 Å². The van der Waals surface area contributed by atoms with Crippen molar-refractivity contribution in [3.05, 3.63) is 68.8 Å². The van der Waals surface area contributed by atoms with Crippen LogP contribution in [0.4, 0.5) is 5.69 Å². The molecule has 2 amide bonds. The van der Waals surface area contributed by atoms with Gasteiger partial charge in [0.15, 0.2) is 6.61 Å². The lowest BCUT2D eigenvalue weighted by molar-refractivity contribution is -0.385. The highest BCUT2D eigenvalue weighted by Crippen LogP contribution is 2.19. The number of nitro groups is 1. The number of carbonyl (C=O) groups excluding carboxylic acids is 2. The zero-order chi connectivity index (χ0) is 19.3. The second-order valence-electron chi connectivity index (χ2n) is 5.82. The van der Waals surface area contributed by atoms with Crippen molar-refractivity contribution in [2.75, 3.05) is 6.61 Å². The molecule has 26 heavy (non-hydrogen) atoms. The molecule has 0 saturated heterocycles. The first-order valence-electron chi connectivity index (χ1n) is 7.82. The molecule has 0 fully saturated rings. The molecule has 0 aliphatic carbocycles. The molecule has 2 N–H and O–H groups in total. The molecular formula is C18H19N3O5. The van der Waals surface area contributed by atoms with Crippen molar-refractivity contribution in [1.82, 2.24) is 10.9 Å². The Morgan fingerprint density at radius 1 is 1.04 bits per heavy atom. The van der Waals surface area contributed by atoms with Crippen LogP contribution in [-0.4, -0.2) is 23.3 Å². The number of hydrogen-bond donors (Lipinski definition) is 2. The lowest BCUT2D eigenvalue weighted by atomic mass is 10.1. The minimum absolute atomic E-state index is 0.0676. The van der Waals surface area contributed by atoms with E-state index in [1.165, 1.54) is 12.1 Å². The third kappa shape index (κ3) is 4.79. The molecular weight excluding hydrogens is 338 g/mol. The number of hydrazine groups is 1. The van der Waals surface area contributed by atoms with Gasteiger partial charge in [0.05, 0.1) is 4.92 Å². The number of carbonyl (C=O) groups is 2. The smallest absolute Gasteiger partial charge is 0.276 e. The quantitative estimate of drug-likeness (QED) is 0.630. The van der Waals surface area contributed by atoms with E-state index >= 15 is 0 Å². The molecule has 0 aromatic heterocycles. The lowest BCUT2D eigenvalue weighted by Crippen LogP contribution is -2.43. The summed E-state index contributed by atoms with van der Waals surface area (Å²) in [6, 6.07) is 9.70. The molecule has 0 radical (unpaired) electrons. The van der Waals surface area contributed by atoms with Gasteiger partial charge in [-0.15, -0.1) is 0 Å². The standard InChI is InChI=1S/C18H19N3O5/c1-11-4-5-13(3)16(8-11)26-10-17(22)19-20-18(23)14-7-6-12(2)15(9-14)21(24)25/h4-9H,10H2,1-3H3,(H,19,22)(H,20,23). The van der Waals surface area contributed by atoms with Gasteiger partial charge in [-0.25, -0.2) is 0 Å². The summed E-state index contributed by atoms with van der Waals surface area (Å²) in [6.07, 6.45) is 0. The SMILES string of the molecule is Cc1ccc(C)c(OCC(=O)NNC(=O)c2ccc(C)c([N+](=O)[O-])c2)c1. The summed E-state index contributed by atoms with van der Waals surface area (Å²) < 4.78 is 5.43. The van der Waals surface area contributed by atoms with Crippen molar-refractivity contribution in [1.29, 1.82) is 0 Å². The molecule has 2 aromatic carbocycles. The molecule has 136 valence electrons. The van der Waals surface area contributed by atoms with Crippen molar-refractivity contribution in [3.63, 3.8) is 0 Å². The van der Waals surface area contributed by atoms with Crippen molar-refractivity contribution in [2.24, 2.45) is 0 Å². The molecule has 0 unspecified atom stereocenters. The van der Waals surface area contributed by atoms with Gasteiger partial charge in [0.2, 0.25) is 0 Å². The highest BCUT2D eigenvalue weighted by atomic mass is 16.6. The van der Waals surface area contributed by atoms with Crippen LogP contribution in [0.25, 0.3) is 0 Å². The summed E-state index contributed by atoms with van der Waals surface area (Å²) in [7, 11) is 0. The molecule has 0 saturated carbocycles. The number of hydrogen-bond acceptors (Lipinski definition) is 5. The van der Waals surface area contributed by atoms with Gasteiger partial charge >= 0.3 is 0 Å². The third-order valence-corrected chi connectivity index (χ3v) is 3.69. The van der Waals surface area contributed by atoms with Crippen molar-refractivity contribution in [2.45, 2.75) is 20.8 Å². The van der Waals surface area contributed by atoms with Gasteiger partial charge in [0, 0.05) is 17.2 Å². The zero-order valence-corrected chi connectivity index (χ0v) is 14.7. The highest BCUT2D eigenvalue weighted by molar-refractivity contribution is 5.96. The number of nitrogens with zero attached hydrogens (tertiary/aromatic N) is 1. The van der Waals surface area contributed by atoms with Crippen LogP contribution in [-0.2, 0) is 4.79 Å². The average Bonchev–Trinajstić information content (AvgIpc) is 2.60. The second-order valence-corrected chi connectivity index (χ2v) is 5.82. The number of nitro benzene ring substituents is 1. The monoisotopic (exact) mass is 357 g/mol. The largest absolute Gasteiger partial charge is 0.483 e. The molecule has 0 spiro atoms. The summed E-state index contributed by atoms with van der Waals surface area (Å²) in [5.74, 6) is -0.630. The Labute approximate surface area is 150 Å². The number of aryl methyl sites for hydroxylation is 3. The van der Waals surface area contributed by atoms with Gasteiger partial charge < -0.3 is 4.74 Å². The lowest BCUT2D eigenvalue weighted by Gasteiger charge is -2.11. The number of ether oxygens (including phenoxy) is 1. The van der Waals surface area contributed by atoms with Crippen molar-refractivity contribution >= 4 is 17.5 Å². The number of rotatable bonds is 5. The maximum Gasteiger partial charge on any atom is 0.276 e. The molecule has 2 rings (SSSR count). The van der Waals surface area contributed by atoms with E-state index in [0.29, 0.717) is 11.3 Å². The van der Waals surface area contributed by atoms with Crippen LogP contribution in [0.5, 0.6) is 5.75 Å². The Bertz CT molecular complexity index is 864. The number of benzene rings is 2. The molecule has 0 heterocycles. The van der Waals surface area contributed by atoms with Crippen LogP contribution in [0, 0.1) is 30.9 Å². The van der Waals surface area contributed by atoms with Gasteiger partial charge in [0.1, 0.15) is 5.75 Å². The van der Waals surface area contributed by atoms with Crippen molar-refractivity contribution < 1.29 is 19.2 Å². The van der Waals surface area contributed by atoms with E-state index in [-0.39, 0.29) is 17.9 Å². The molecule has 8 nitrogen and oxygen atoms in total. The zero-order valence-electron chi connectivity index (χ0n) is 14.7. The summed E-state index contributed by atoms with van der Waals surface area (Å²) in [5.41, 5.74) is 6.65. The first-order valence-corrected chi connectivity index (χ1v) is 7.82. The van der Waals surface area contributed by atoms with Gasteiger partial charge in [0.25, 0.3) is 17.5 Å². The summed E-state index contributed by atoms with van der Waals surface area (Å²) >= 11 is 0. The Kier molecular flexibility index (Phi) is 5.90. The van der Waals surface area contributed by atoms with Crippen LogP contribution in [0.15, 0.2) is 36.4 Å². The van der Waals surface area contributed by atoms with E-state index in [2.05, 4.69) is 10.9 Å². The Balaban J connectivity index is 1.91. The van der Waals surface area contributed by atoms with E-state index < -0.39 is 16.7 Å². The Morgan fingerprint density at radius 3 is 2.42 bits per heavy atom. The second kappa shape index (κ2) is 8.11. The fraction of sp³-hybridized carbons (Fsp3) is 0.222. The third-order valence-electron chi connectivity index (χ3n) is 3.69. The van der Waals surface area contributed by atoms with Crippen LogP contribution >= 0.6 is 0 Å². The fourth-order valence-electron chi connectivity index (χ4n) is 2.19. The molecule has 0 aliphatic rings. The van der Waals surface area contributed by atoms with Crippen LogP contribution in [0.2, 0.25) is 0 Å². The summed E-state index contributed by atoms with van der Waals surface area (Å²) in [4.78, 5) is 34.2. The van der Waals surface area contributed by atoms with Crippen LogP contribution < -0.4 is 15.6 Å². The maximum absolute atomic E-state index is 12.0. The predicted molar refractivity (Wildman–Crippen MR) is 94.9 cm³/mol. The molecule has 0 aliphatic heterocycles. The van der Waals surface area contributed by atoms with Gasteiger partial charge in [-0.2, -0.15) is 0 Å². The molecule has 0 atom stereocenters. The van der Waals surface area contributed by atoms with Crippen LogP contribution in [0.3, 0.4) is 0 Å². The minimum Gasteiger partial charge on any atom is -0.483 e. The molecule has 2 aromatic rings. The van der Waals surface area contributed by atoms with Gasteiger partial charge in [-0.1, -0.05) is 18.2 Å². The maximum atomic E-state index is 12.0. The minimum atomic E-state index is -0.659. The Morgan fingerprint density at radius 2 is 1.73 bits per heavy atom. The molecule has 0 bridgehead atoms.